The summed E-state index contributed by atoms with van der Waals surface area (Å²) in [5.74, 6) is -1.80. The van der Waals surface area contributed by atoms with Gasteiger partial charge in [0, 0.05) is 5.54 Å². The summed E-state index contributed by atoms with van der Waals surface area (Å²) in [6.07, 6.45) is -0.414. The highest BCUT2D eigenvalue weighted by molar-refractivity contribution is 6.27. The number of carbonyl (C=O) groups excluding carboxylic acids is 1. The monoisotopic (exact) mass is 192 g/mol. The van der Waals surface area contributed by atoms with Crippen molar-refractivity contribution in [3.8, 4) is 0 Å². The number of ether oxygens (including phenoxy) is 1. The summed E-state index contributed by atoms with van der Waals surface area (Å²) in [4.78, 5) is 21.0. The minimum atomic E-state index is -1.12. The van der Waals surface area contributed by atoms with E-state index in [0.717, 1.165) is 5.54 Å². The Balaban J connectivity index is 4.17. The Labute approximate surface area is 74.8 Å². The average Bonchev–Trinajstić information content (AvgIpc) is 2.00. The van der Waals surface area contributed by atoms with Crippen LogP contribution in [-0.4, -0.2) is 23.7 Å². The van der Waals surface area contributed by atoms with Crippen LogP contribution in [0.5, 0.6) is 0 Å². The first kappa shape index (κ1) is 11.0. The molecule has 5 heteroatoms. The first-order chi connectivity index (χ1) is 5.61. The van der Waals surface area contributed by atoms with Gasteiger partial charge in [-0.3, -0.25) is 4.79 Å². The van der Waals surface area contributed by atoms with Crippen molar-refractivity contribution >= 4 is 23.5 Å². The third-order valence-electron chi connectivity index (χ3n) is 1.01. The van der Waals surface area contributed by atoms with Crippen LogP contribution in [0.2, 0.25) is 0 Å². The standard InChI is InChI=1S/C7H9ClO4/c1-2-12-7(11)5(4-8)3-6(9)10/h4H,2-3H2,1H3,(H,9,10). The van der Waals surface area contributed by atoms with E-state index in [9.17, 15) is 9.59 Å². The Bertz CT molecular complexity index is 209. The maximum Gasteiger partial charge on any atom is 0.335 e. The molecule has 0 amide bonds. The van der Waals surface area contributed by atoms with Gasteiger partial charge in [0.1, 0.15) is 0 Å². The molecule has 0 fully saturated rings. The van der Waals surface area contributed by atoms with E-state index in [2.05, 4.69) is 4.74 Å². The fourth-order valence-corrected chi connectivity index (χ4v) is 0.708. The topological polar surface area (TPSA) is 63.6 Å². The van der Waals surface area contributed by atoms with Crippen molar-refractivity contribution in [2.75, 3.05) is 6.61 Å². The number of hydrogen-bond donors (Lipinski definition) is 1. The molecular weight excluding hydrogens is 184 g/mol. The normalized spacial score (nSPS) is 11.0. The van der Waals surface area contributed by atoms with Crippen LogP contribution in [0.3, 0.4) is 0 Å². The fourth-order valence-electron chi connectivity index (χ4n) is 0.542. The summed E-state index contributed by atoms with van der Waals surface area (Å²) in [6.45, 7) is 1.83. The third-order valence-corrected chi connectivity index (χ3v) is 1.27. The second kappa shape index (κ2) is 5.60. The Morgan fingerprint density at radius 1 is 1.58 bits per heavy atom. The molecule has 0 unspecified atom stereocenters. The molecule has 0 saturated heterocycles. The van der Waals surface area contributed by atoms with Crippen molar-refractivity contribution in [3.05, 3.63) is 11.1 Å². The van der Waals surface area contributed by atoms with Crippen molar-refractivity contribution in [1.82, 2.24) is 0 Å². The van der Waals surface area contributed by atoms with Crippen molar-refractivity contribution in [2.24, 2.45) is 0 Å². The molecule has 4 nitrogen and oxygen atoms in total. The summed E-state index contributed by atoms with van der Waals surface area (Å²) < 4.78 is 4.54. The van der Waals surface area contributed by atoms with Crippen molar-refractivity contribution in [3.63, 3.8) is 0 Å². The van der Waals surface area contributed by atoms with Crippen molar-refractivity contribution < 1.29 is 19.4 Å². The summed E-state index contributed by atoms with van der Waals surface area (Å²) in [7, 11) is 0. The average molecular weight is 193 g/mol. The van der Waals surface area contributed by atoms with Crippen LogP contribution in [0.25, 0.3) is 0 Å². The van der Waals surface area contributed by atoms with Crippen molar-refractivity contribution in [1.29, 1.82) is 0 Å². The number of carboxylic acid groups (broad SMARTS) is 1. The van der Waals surface area contributed by atoms with Gasteiger partial charge in [-0.2, -0.15) is 0 Å². The zero-order valence-corrected chi connectivity index (χ0v) is 7.30. The summed E-state index contributed by atoms with van der Waals surface area (Å²) >= 11 is 5.22. The van der Waals surface area contributed by atoms with E-state index in [-0.39, 0.29) is 12.2 Å². The molecule has 0 spiro atoms. The lowest BCUT2D eigenvalue weighted by molar-refractivity contribution is -0.142. The molecule has 0 aromatic heterocycles. The highest BCUT2D eigenvalue weighted by Crippen LogP contribution is 2.05. The van der Waals surface area contributed by atoms with E-state index in [0.29, 0.717) is 0 Å². The molecule has 0 atom stereocenters. The third kappa shape index (κ3) is 3.98. The number of halogens is 1. The van der Waals surface area contributed by atoms with Gasteiger partial charge in [-0.1, -0.05) is 11.6 Å². The highest BCUT2D eigenvalue weighted by Gasteiger charge is 2.13. The largest absolute Gasteiger partial charge is 0.481 e. The predicted molar refractivity (Wildman–Crippen MR) is 42.8 cm³/mol. The van der Waals surface area contributed by atoms with Crippen LogP contribution < -0.4 is 0 Å². The van der Waals surface area contributed by atoms with Crippen LogP contribution in [0.1, 0.15) is 13.3 Å². The molecule has 0 aromatic carbocycles. The van der Waals surface area contributed by atoms with Crippen LogP contribution in [0.4, 0.5) is 0 Å². The van der Waals surface area contributed by atoms with Gasteiger partial charge in [0.25, 0.3) is 0 Å². The number of hydrogen-bond acceptors (Lipinski definition) is 3. The molecule has 0 aliphatic rings. The number of carbonyl (C=O) groups is 2. The highest BCUT2D eigenvalue weighted by atomic mass is 35.5. The second-order valence-electron chi connectivity index (χ2n) is 1.93. The molecule has 1 N–H and O–H groups in total. The Morgan fingerprint density at radius 2 is 2.17 bits per heavy atom. The zero-order chi connectivity index (χ0) is 9.56. The van der Waals surface area contributed by atoms with E-state index in [1.807, 2.05) is 0 Å². The number of aliphatic carboxylic acids is 1. The molecule has 0 radical (unpaired) electrons. The van der Waals surface area contributed by atoms with E-state index < -0.39 is 18.4 Å². The predicted octanol–water partition coefficient (Wildman–Crippen LogP) is 1.15. The molecule has 0 aliphatic carbocycles. The maximum atomic E-state index is 10.9. The summed E-state index contributed by atoms with van der Waals surface area (Å²) in [5, 5.41) is 8.32. The minimum Gasteiger partial charge on any atom is -0.481 e. The van der Waals surface area contributed by atoms with E-state index >= 15 is 0 Å². The lowest BCUT2D eigenvalue weighted by atomic mass is 10.2. The Kier molecular flexibility index (Phi) is 5.12. The molecule has 0 aromatic rings. The second-order valence-corrected chi connectivity index (χ2v) is 2.14. The van der Waals surface area contributed by atoms with Gasteiger partial charge in [0.05, 0.1) is 18.6 Å². The van der Waals surface area contributed by atoms with Gasteiger partial charge >= 0.3 is 11.9 Å². The zero-order valence-electron chi connectivity index (χ0n) is 6.54. The van der Waals surface area contributed by atoms with Crippen LogP contribution in [0.15, 0.2) is 11.1 Å². The Hall–Kier alpha value is -1.03. The SMILES string of the molecule is CCOC(=O)C(=CCl)CC(=O)O. The molecule has 0 saturated carbocycles. The van der Waals surface area contributed by atoms with Gasteiger partial charge in [-0.25, -0.2) is 4.79 Å². The molecule has 68 valence electrons. The number of carboxylic acids is 1. The molecule has 12 heavy (non-hydrogen) atoms. The van der Waals surface area contributed by atoms with Gasteiger partial charge in [0.15, 0.2) is 0 Å². The molecule has 0 aliphatic heterocycles. The van der Waals surface area contributed by atoms with Crippen LogP contribution in [0, 0.1) is 0 Å². The van der Waals surface area contributed by atoms with E-state index in [4.69, 9.17) is 16.7 Å². The quantitative estimate of drug-likeness (QED) is 0.536. The number of rotatable bonds is 4. The van der Waals surface area contributed by atoms with Gasteiger partial charge in [-0.05, 0) is 6.92 Å². The molecule has 0 rings (SSSR count). The summed E-state index contributed by atoms with van der Waals surface area (Å²) in [6, 6.07) is 0. The first-order valence-corrected chi connectivity index (χ1v) is 3.73. The minimum absolute atomic E-state index is 0.0500. The Morgan fingerprint density at radius 3 is 2.50 bits per heavy atom. The van der Waals surface area contributed by atoms with E-state index in [1.165, 1.54) is 0 Å². The van der Waals surface area contributed by atoms with Gasteiger partial charge < -0.3 is 9.84 Å². The number of esters is 1. The van der Waals surface area contributed by atoms with Crippen molar-refractivity contribution in [2.45, 2.75) is 13.3 Å². The van der Waals surface area contributed by atoms with Crippen LogP contribution in [-0.2, 0) is 14.3 Å². The first-order valence-electron chi connectivity index (χ1n) is 3.30. The summed E-state index contributed by atoms with van der Waals surface area (Å²) in [5.41, 5.74) is 0.873. The molecular formula is C7H9ClO4. The van der Waals surface area contributed by atoms with E-state index in [1.54, 1.807) is 6.92 Å². The lowest BCUT2D eigenvalue weighted by Gasteiger charge is -2.01. The molecule has 0 bridgehead atoms. The lowest BCUT2D eigenvalue weighted by Crippen LogP contribution is -2.10. The smallest absolute Gasteiger partial charge is 0.335 e. The molecule has 0 heterocycles. The fraction of sp³-hybridized carbons (Fsp3) is 0.429. The van der Waals surface area contributed by atoms with Gasteiger partial charge in [0.2, 0.25) is 0 Å². The maximum absolute atomic E-state index is 10.9. The van der Waals surface area contributed by atoms with Crippen LogP contribution >= 0.6 is 11.6 Å². The van der Waals surface area contributed by atoms with Gasteiger partial charge in [-0.15, -0.1) is 0 Å².